The molecule has 2 aromatic heterocycles. The number of amides is 2. The van der Waals surface area contributed by atoms with Crippen molar-refractivity contribution in [3.05, 3.63) is 120 Å². The van der Waals surface area contributed by atoms with Crippen LogP contribution < -0.4 is 10.6 Å². The Labute approximate surface area is 421 Å². The van der Waals surface area contributed by atoms with Crippen LogP contribution in [0.15, 0.2) is 97.8 Å². The highest BCUT2D eigenvalue weighted by Gasteiger charge is 2.65. The minimum absolute atomic E-state index is 0.00375. The summed E-state index contributed by atoms with van der Waals surface area (Å²) in [6.45, 7) is 7.86. The van der Waals surface area contributed by atoms with E-state index in [1.54, 1.807) is 7.05 Å². The van der Waals surface area contributed by atoms with Gasteiger partial charge in [0.2, 0.25) is 0 Å². The van der Waals surface area contributed by atoms with Crippen LogP contribution in [-0.4, -0.2) is 164 Å². The number of aliphatic hydroxyl groups excluding tert-OH is 1. The number of aliphatic hydroxyl groups is 1. The van der Waals surface area contributed by atoms with Crippen LogP contribution in [0.4, 0.5) is 0 Å². The molecule has 2 unspecified atom stereocenters. The van der Waals surface area contributed by atoms with Gasteiger partial charge in [-0.25, -0.2) is 9.97 Å². The molecule has 22 heteroatoms. The molecule has 0 aliphatic carbocycles. The van der Waals surface area contributed by atoms with Gasteiger partial charge in [-0.05, 0) is 61.5 Å². The summed E-state index contributed by atoms with van der Waals surface area (Å²) in [6.07, 6.45) is 10.4. The summed E-state index contributed by atoms with van der Waals surface area (Å²) < 4.78 is 12.5. The van der Waals surface area contributed by atoms with Gasteiger partial charge < -0.3 is 44.6 Å². The van der Waals surface area contributed by atoms with E-state index < -0.39 is 49.5 Å². The van der Waals surface area contributed by atoms with Crippen LogP contribution in [0.5, 0.6) is 0 Å². The molecule has 2 saturated heterocycles. The minimum atomic E-state index is -2.02. The second-order valence-electron chi connectivity index (χ2n) is 19.5. The first-order chi connectivity index (χ1) is 34.2. The summed E-state index contributed by atoms with van der Waals surface area (Å²) in [5, 5.41) is 41.4. The molecule has 2 amide bonds. The summed E-state index contributed by atoms with van der Waals surface area (Å²) in [7, 11) is 2.04. The Bertz CT molecular complexity index is 2340. The van der Waals surface area contributed by atoms with Gasteiger partial charge in [0.1, 0.15) is 17.9 Å². The number of carboxylic acid groups (broad SMARTS) is 1. The Hall–Kier alpha value is -6.29. The van der Waals surface area contributed by atoms with E-state index in [0.29, 0.717) is 49.8 Å². The molecule has 6 N–H and O–H groups in total. The second kappa shape index (κ2) is 28.7. The maximum absolute atomic E-state index is 13.8. The van der Waals surface area contributed by atoms with Crippen molar-refractivity contribution in [1.82, 2.24) is 35.5 Å². The number of quaternary nitrogens is 1. The fraction of sp³-hybridized carbons (Fsp3) is 0.480. The third-order valence-corrected chi connectivity index (χ3v) is 12.5. The number of nitrogens with zero attached hydrogens (tertiary/aromatic N) is 6. The maximum Gasteiger partial charge on any atom is 0.531 e. The average Bonchev–Trinajstić information content (AvgIpc) is 3.79. The van der Waals surface area contributed by atoms with Gasteiger partial charge in [0, 0.05) is 50.6 Å². The third-order valence-electron chi connectivity index (χ3n) is 12.5. The van der Waals surface area contributed by atoms with Crippen LogP contribution in [0.3, 0.4) is 0 Å². The number of aliphatic carboxylic acids is 1. The van der Waals surface area contributed by atoms with Gasteiger partial charge in [-0.1, -0.05) is 94.8 Å². The molecule has 2 aliphatic heterocycles. The number of hydrogen-bond acceptors (Lipinski definition) is 16. The lowest BCUT2D eigenvalue weighted by Gasteiger charge is -2.46. The van der Waals surface area contributed by atoms with E-state index in [0.717, 1.165) is 11.1 Å². The molecular formula is C50H70B2N8O12. The molecule has 20 nitrogen and oxygen atoms in total. The lowest BCUT2D eigenvalue weighted by atomic mass is 9.52. The topological polar surface area (TPSA) is 281 Å². The van der Waals surface area contributed by atoms with Gasteiger partial charge in [-0.3, -0.25) is 43.6 Å². The number of carboxylic acids is 1. The van der Waals surface area contributed by atoms with E-state index in [4.69, 9.17) is 19.5 Å². The summed E-state index contributed by atoms with van der Waals surface area (Å²) >= 11 is 0. The molecule has 4 heterocycles. The van der Waals surface area contributed by atoms with Crippen molar-refractivity contribution in [1.29, 1.82) is 0 Å². The van der Waals surface area contributed by atoms with Gasteiger partial charge in [-0.15, -0.1) is 0 Å². The zero-order chi connectivity index (χ0) is 52.8. The number of aromatic nitrogens is 4. The summed E-state index contributed by atoms with van der Waals surface area (Å²) in [6, 6.07) is 17.3. The van der Waals surface area contributed by atoms with Crippen LogP contribution in [0.25, 0.3) is 0 Å². The molecule has 0 saturated carbocycles. The first kappa shape index (κ1) is 58.3. The minimum Gasteiger partial charge on any atom is -0.611 e. The molecule has 388 valence electrons. The fourth-order valence-electron chi connectivity index (χ4n) is 9.11. The number of Topliss-reactive ketones (excluding diaryl/α,β-unsaturated/α-hetero) is 2. The summed E-state index contributed by atoms with van der Waals surface area (Å²) in [5.41, 5.74) is 2.09. The van der Waals surface area contributed by atoms with Gasteiger partial charge >= 0.3 is 25.7 Å². The standard InChI is InChI=1S/C25H33BN4O5.C20H26BN3O4.C5H11NO3/c1-18(2)13-20(26-30(3,11-12-34-26)17-24(32)35-26)15-23(31)21(14-19-7-5-4-6-8-19)29-25(33)22-16-27-9-10-28-22;1-14(2)10-16(21(27)28)12-19(25)17(11-15-6-4-3-5-7-15)24-20(26)18-13-22-8-9-23-18;1-6(2-3-7)4-5(8)9/h4-10,16,18,20-21H,11-15,17H2,1-3H3,(H,29,33);3-9,13-14,16-17,27-28H,10-12H2,1-2H3,(H,24,26);7H,2-4H2,1H3,(H,8,9)/t20-,21+,26?,30?;16-,17+;/m11./s1. The van der Waals surface area contributed by atoms with Crippen molar-refractivity contribution in [2.75, 3.05) is 53.5 Å². The second-order valence-corrected chi connectivity index (χ2v) is 19.5. The first-order valence-electron chi connectivity index (χ1n) is 24.2. The number of ketones is 2. The summed E-state index contributed by atoms with van der Waals surface area (Å²) in [5.74, 6) is -2.88. The number of nitrogens with one attached hydrogen (secondary N) is 2. The SMILES string of the molecule is CC(C)C[C@H](CC(=O)[C@H](Cc1ccccc1)NC(=O)c1cnccn1)B(O)O.CC(C)C[C@H](CC(=O)[C@H](Cc1ccccc1)NC(=O)c1cnccn1)[B-]12OCC[N+]1(C)CC(=O)O2.CN(CCO)CC(=O)O. The van der Waals surface area contributed by atoms with Crippen LogP contribution in [0.1, 0.15) is 85.5 Å². The van der Waals surface area contributed by atoms with Crippen molar-refractivity contribution < 1.29 is 62.7 Å². The molecule has 0 bridgehead atoms. The van der Waals surface area contributed by atoms with Crippen molar-refractivity contribution >= 4 is 49.1 Å². The zero-order valence-corrected chi connectivity index (χ0v) is 42.1. The molecule has 2 aliphatic rings. The molecule has 6 atom stereocenters. The zero-order valence-electron chi connectivity index (χ0n) is 42.1. The van der Waals surface area contributed by atoms with Crippen molar-refractivity contribution in [3.8, 4) is 0 Å². The van der Waals surface area contributed by atoms with E-state index >= 15 is 0 Å². The lowest BCUT2D eigenvalue weighted by Crippen LogP contribution is -2.63. The first-order valence-corrected chi connectivity index (χ1v) is 24.2. The van der Waals surface area contributed by atoms with Crippen LogP contribution >= 0.6 is 0 Å². The van der Waals surface area contributed by atoms with Gasteiger partial charge in [0.15, 0.2) is 11.6 Å². The van der Waals surface area contributed by atoms with Gasteiger partial charge in [0.25, 0.3) is 11.8 Å². The number of benzene rings is 2. The molecule has 72 heavy (non-hydrogen) atoms. The molecule has 0 spiro atoms. The molecule has 2 fully saturated rings. The van der Waals surface area contributed by atoms with Crippen LogP contribution in [0.2, 0.25) is 11.6 Å². The molecule has 0 radical (unpaired) electrons. The van der Waals surface area contributed by atoms with E-state index in [-0.39, 0.29) is 79.1 Å². The quantitative estimate of drug-likeness (QED) is 0.0551. The number of rotatable bonds is 24. The molecular weight excluding hydrogens is 926 g/mol. The van der Waals surface area contributed by atoms with E-state index in [1.807, 2.05) is 81.6 Å². The molecule has 6 rings (SSSR count). The van der Waals surface area contributed by atoms with Gasteiger partial charge in [-0.2, -0.15) is 0 Å². The highest BCUT2D eigenvalue weighted by Crippen LogP contribution is 2.46. The number of fused-ring (bicyclic) bond motifs is 1. The highest BCUT2D eigenvalue weighted by molar-refractivity contribution is 6.65. The smallest absolute Gasteiger partial charge is 0.531 e. The Morgan fingerprint density at radius 3 is 1.71 bits per heavy atom. The number of carbonyl (C=O) groups excluding carboxylic acids is 5. The van der Waals surface area contributed by atoms with Gasteiger partial charge in [0.05, 0.1) is 50.8 Å². The molecule has 4 aromatic rings. The monoisotopic (exact) mass is 997 g/mol. The Balaban J connectivity index is 0.000000272. The number of carbonyl (C=O) groups is 6. The Morgan fingerprint density at radius 1 is 0.778 bits per heavy atom. The van der Waals surface area contributed by atoms with Crippen LogP contribution in [-0.2, 0) is 41.3 Å². The Morgan fingerprint density at radius 2 is 1.28 bits per heavy atom. The van der Waals surface area contributed by atoms with E-state index in [1.165, 1.54) is 42.1 Å². The third kappa shape index (κ3) is 18.1. The predicted octanol–water partition coefficient (Wildman–Crippen LogP) is 2.83. The van der Waals surface area contributed by atoms with Crippen molar-refractivity contribution in [2.45, 2.75) is 89.9 Å². The van der Waals surface area contributed by atoms with Crippen molar-refractivity contribution in [3.63, 3.8) is 0 Å². The maximum atomic E-state index is 13.8. The normalized spacial score (nSPS) is 18.5. The number of likely N-dealkylation sites (N-methyl/N-ethyl adjacent to an activating group) is 2. The molecule has 2 aromatic carbocycles. The highest BCUT2D eigenvalue weighted by atomic mass is 16.7. The average molecular weight is 997 g/mol. The fourth-order valence-corrected chi connectivity index (χ4v) is 9.11. The lowest BCUT2D eigenvalue weighted by molar-refractivity contribution is -0.798. The van der Waals surface area contributed by atoms with Crippen LogP contribution in [0, 0.1) is 11.8 Å². The number of hydrogen-bond donors (Lipinski definition) is 6. The van der Waals surface area contributed by atoms with E-state index in [2.05, 4.69) is 44.4 Å². The Kier molecular flexibility index (Phi) is 23.2. The summed E-state index contributed by atoms with van der Waals surface area (Å²) in [4.78, 5) is 91.8. The predicted molar refractivity (Wildman–Crippen MR) is 269 cm³/mol. The van der Waals surface area contributed by atoms with Crippen molar-refractivity contribution in [2.24, 2.45) is 11.8 Å². The largest absolute Gasteiger partial charge is 0.611 e. The van der Waals surface area contributed by atoms with E-state index in [9.17, 15) is 38.8 Å².